The molecule has 1 atom stereocenters. The van der Waals surface area contributed by atoms with Gasteiger partial charge in [-0.05, 0) is 36.8 Å². The average molecular weight is 336 g/mol. The molecule has 3 heterocycles. The molecule has 25 heavy (non-hydrogen) atoms. The lowest BCUT2D eigenvalue weighted by molar-refractivity contribution is -0.135. The molecule has 1 aliphatic heterocycles. The van der Waals surface area contributed by atoms with Crippen molar-refractivity contribution in [1.29, 1.82) is 0 Å². The zero-order valence-electron chi connectivity index (χ0n) is 13.6. The van der Waals surface area contributed by atoms with Crippen LogP contribution in [0, 0.1) is 0 Å². The van der Waals surface area contributed by atoms with Crippen LogP contribution in [-0.4, -0.2) is 27.3 Å². The van der Waals surface area contributed by atoms with Gasteiger partial charge in [-0.15, -0.1) is 0 Å². The first kappa shape index (κ1) is 15.3. The van der Waals surface area contributed by atoms with Crippen molar-refractivity contribution < 1.29 is 14.4 Å². The van der Waals surface area contributed by atoms with E-state index in [-0.39, 0.29) is 17.7 Å². The zero-order valence-corrected chi connectivity index (χ0v) is 13.6. The lowest BCUT2D eigenvalue weighted by Gasteiger charge is -2.23. The number of nitrogens with one attached hydrogen (secondary N) is 2. The van der Waals surface area contributed by atoms with Crippen molar-refractivity contribution >= 4 is 45.3 Å². The number of imide groups is 1. The van der Waals surface area contributed by atoms with Gasteiger partial charge in [-0.1, -0.05) is 0 Å². The van der Waals surface area contributed by atoms with Crippen LogP contribution in [0.25, 0.3) is 21.9 Å². The number of pyridine rings is 1. The monoisotopic (exact) mass is 336 g/mol. The molecule has 3 amide bonds. The number of nitrogens with zero attached hydrogens (tertiary/aromatic N) is 2. The van der Waals surface area contributed by atoms with Crippen LogP contribution in [0.3, 0.4) is 0 Å². The van der Waals surface area contributed by atoms with E-state index in [0.717, 1.165) is 16.3 Å². The SMILES string of the molecule is CC(=O)Nc1ccc2c(c1)c1cccnc1n2C1CCC(=O)NC1=O. The van der Waals surface area contributed by atoms with Gasteiger partial charge in [-0.25, -0.2) is 4.98 Å². The molecular weight excluding hydrogens is 320 g/mol. The van der Waals surface area contributed by atoms with E-state index in [2.05, 4.69) is 15.6 Å². The number of piperidine rings is 1. The van der Waals surface area contributed by atoms with Gasteiger partial charge in [0.05, 0.1) is 5.52 Å². The molecule has 1 aromatic carbocycles. The maximum Gasteiger partial charge on any atom is 0.249 e. The second-order valence-corrected chi connectivity index (χ2v) is 6.12. The molecule has 126 valence electrons. The minimum Gasteiger partial charge on any atom is -0.326 e. The maximum atomic E-state index is 12.4. The van der Waals surface area contributed by atoms with Crippen molar-refractivity contribution in [3.8, 4) is 0 Å². The van der Waals surface area contributed by atoms with Gasteiger partial charge in [0.2, 0.25) is 17.7 Å². The Morgan fingerprint density at radius 3 is 2.88 bits per heavy atom. The first-order valence-corrected chi connectivity index (χ1v) is 8.04. The number of carbonyl (C=O) groups excluding carboxylic acids is 3. The van der Waals surface area contributed by atoms with Crippen LogP contribution in [0.1, 0.15) is 25.8 Å². The Bertz CT molecular complexity index is 1040. The van der Waals surface area contributed by atoms with Gasteiger partial charge in [0, 0.05) is 36.0 Å². The second-order valence-electron chi connectivity index (χ2n) is 6.12. The highest BCUT2D eigenvalue weighted by molar-refractivity contribution is 6.10. The van der Waals surface area contributed by atoms with E-state index >= 15 is 0 Å². The third-order valence-electron chi connectivity index (χ3n) is 4.40. The molecular formula is C18H16N4O3. The number of rotatable bonds is 2. The smallest absolute Gasteiger partial charge is 0.249 e. The molecule has 7 nitrogen and oxygen atoms in total. The molecule has 0 saturated carbocycles. The first-order chi connectivity index (χ1) is 12.0. The van der Waals surface area contributed by atoms with E-state index in [1.165, 1.54) is 6.92 Å². The van der Waals surface area contributed by atoms with Gasteiger partial charge in [-0.2, -0.15) is 0 Å². The Balaban J connectivity index is 1.95. The third-order valence-corrected chi connectivity index (χ3v) is 4.40. The topological polar surface area (TPSA) is 93.1 Å². The average Bonchev–Trinajstić information content (AvgIpc) is 2.89. The number of carbonyl (C=O) groups is 3. The Labute approximate surface area is 143 Å². The normalized spacial score (nSPS) is 17.7. The standard InChI is InChI=1S/C18H16N4O3/c1-10(23)20-11-4-5-14-13(9-11)12-3-2-8-19-17(12)22(14)15-6-7-16(24)21-18(15)25/h2-5,8-9,15H,6-7H2,1H3,(H,20,23)(H,21,24,25). The summed E-state index contributed by atoms with van der Waals surface area (Å²) in [5, 5.41) is 6.97. The molecule has 1 unspecified atom stereocenters. The molecule has 3 aromatic rings. The van der Waals surface area contributed by atoms with Crippen LogP contribution in [-0.2, 0) is 14.4 Å². The summed E-state index contributed by atoms with van der Waals surface area (Å²) in [6, 6.07) is 8.83. The van der Waals surface area contributed by atoms with E-state index in [9.17, 15) is 14.4 Å². The van der Waals surface area contributed by atoms with Crippen molar-refractivity contribution in [2.75, 3.05) is 5.32 Å². The van der Waals surface area contributed by atoms with Gasteiger partial charge in [0.25, 0.3) is 0 Å². The molecule has 2 aromatic heterocycles. The van der Waals surface area contributed by atoms with Crippen LogP contribution in [0.15, 0.2) is 36.5 Å². The van der Waals surface area contributed by atoms with Crippen LogP contribution in [0.5, 0.6) is 0 Å². The lowest BCUT2D eigenvalue weighted by atomic mass is 10.1. The molecule has 2 N–H and O–H groups in total. The van der Waals surface area contributed by atoms with E-state index < -0.39 is 6.04 Å². The highest BCUT2D eigenvalue weighted by Gasteiger charge is 2.30. The van der Waals surface area contributed by atoms with Gasteiger partial charge in [0.1, 0.15) is 11.7 Å². The number of amides is 3. The minimum atomic E-state index is -0.487. The van der Waals surface area contributed by atoms with Crippen LogP contribution >= 0.6 is 0 Å². The summed E-state index contributed by atoms with van der Waals surface area (Å²) < 4.78 is 1.88. The maximum absolute atomic E-state index is 12.4. The zero-order chi connectivity index (χ0) is 17.6. The predicted molar refractivity (Wildman–Crippen MR) is 93.0 cm³/mol. The van der Waals surface area contributed by atoms with Gasteiger partial charge in [0.15, 0.2) is 0 Å². The molecule has 0 bridgehead atoms. The fraction of sp³-hybridized carbons (Fsp3) is 0.222. The largest absolute Gasteiger partial charge is 0.326 e. The highest BCUT2D eigenvalue weighted by atomic mass is 16.2. The van der Waals surface area contributed by atoms with Gasteiger partial charge in [-0.3, -0.25) is 19.7 Å². The summed E-state index contributed by atoms with van der Waals surface area (Å²) in [6.07, 6.45) is 2.42. The quantitative estimate of drug-likeness (QED) is 0.701. The van der Waals surface area contributed by atoms with E-state index in [1.807, 2.05) is 28.8 Å². The van der Waals surface area contributed by atoms with E-state index in [0.29, 0.717) is 24.2 Å². The predicted octanol–water partition coefficient (Wildman–Crippen LogP) is 2.13. The minimum absolute atomic E-state index is 0.147. The first-order valence-electron chi connectivity index (χ1n) is 8.04. The molecule has 0 spiro atoms. The number of anilines is 1. The molecule has 1 aliphatic rings. The Kier molecular flexibility index (Phi) is 3.49. The van der Waals surface area contributed by atoms with Crippen molar-refractivity contribution in [1.82, 2.24) is 14.9 Å². The number of hydrogen-bond donors (Lipinski definition) is 2. The molecule has 1 fully saturated rings. The van der Waals surface area contributed by atoms with E-state index in [4.69, 9.17) is 0 Å². The third kappa shape index (κ3) is 2.53. The number of hydrogen-bond acceptors (Lipinski definition) is 4. The molecule has 7 heteroatoms. The number of fused-ring (bicyclic) bond motifs is 3. The van der Waals surface area contributed by atoms with Crippen molar-refractivity contribution in [3.63, 3.8) is 0 Å². The van der Waals surface area contributed by atoms with Crippen molar-refractivity contribution in [2.45, 2.75) is 25.8 Å². The Morgan fingerprint density at radius 2 is 2.12 bits per heavy atom. The fourth-order valence-electron chi connectivity index (χ4n) is 3.40. The lowest BCUT2D eigenvalue weighted by Crippen LogP contribution is -2.41. The van der Waals surface area contributed by atoms with Gasteiger partial charge >= 0.3 is 0 Å². The van der Waals surface area contributed by atoms with Crippen molar-refractivity contribution in [2.24, 2.45) is 0 Å². The van der Waals surface area contributed by atoms with Crippen molar-refractivity contribution in [3.05, 3.63) is 36.5 Å². The summed E-state index contributed by atoms with van der Waals surface area (Å²) >= 11 is 0. The Hall–Kier alpha value is -3.22. The highest BCUT2D eigenvalue weighted by Crippen LogP contribution is 2.34. The molecule has 4 rings (SSSR count). The summed E-state index contributed by atoms with van der Waals surface area (Å²) in [4.78, 5) is 39.6. The molecule has 0 aliphatic carbocycles. The summed E-state index contributed by atoms with van der Waals surface area (Å²) in [7, 11) is 0. The fourth-order valence-corrected chi connectivity index (χ4v) is 3.40. The second kappa shape index (κ2) is 5.70. The molecule has 1 saturated heterocycles. The van der Waals surface area contributed by atoms with E-state index in [1.54, 1.807) is 12.3 Å². The number of benzene rings is 1. The van der Waals surface area contributed by atoms with Crippen LogP contribution in [0.2, 0.25) is 0 Å². The van der Waals surface area contributed by atoms with Crippen LogP contribution in [0.4, 0.5) is 5.69 Å². The summed E-state index contributed by atoms with van der Waals surface area (Å²) in [6.45, 7) is 1.46. The van der Waals surface area contributed by atoms with Crippen LogP contribution < -0.4 is 10.6 Å². The summed E-state index contributed by atoms with van der Waals surface area (Å²) in [5.74, 6) is -0.707. The number of aromatic nitrogens is 2. The molecule has 0 radical (unpaired) electrons. The Morgan fingerprint density at radius 1 is 1.28 bits per heavy atom. The van der Waals surface area contributed by atoms with Gasteiger partial charge < -0.3 is 9.88 Å². The summed E-state index contributed by atoms with van der Waals surface area (Å²) in [5.41, 5.74) is 2.22.